The molecule has 18 heavy (non-hydrogen) atoms. The van der Waals surface area contributed by atoms with Crippen LogP contribution in [0.3, 0.4) is 0 Å². The zero-order valence-electron chi connectivity index (χ0n) is 10.4. The quantitative estimate of drug-likeness (QED) is 0.815. The van der Waals surface area contributed by atoms with Crippen molar-refractivity contribution in [2.24, 2.45) is 0 Å². The number of rotatable bonds is 3. The van der Waals surface area contributed by atoms with E-state index < -0.39 is 0 Å². The highest BCUT2D eigenvalue weighted by atomic mass is 16.3. The highest BCUT2D eigenvalue weighted by Gasteiger charge is 2.16. The average molecular weight is 244 g/mol. The second-order valence-corrected chi connectivity index (χ2v) is 4.26. The minimum atomic E-state index is -0.228. The van der Waals surface area contributed by atoms with Crippen molar-refractivity contribution in [3.63, 3.8) is 0 Å². The minimum Gasteiger partial charge on any atom is -0.459 e. The average Bonchev–Trinajstić information content (AvgIpc) is 2.76. The monoisotopic (exact) mass is 244 g/mol. The first kappa shape index (κ1) is 12.2. The van der Waals surface area contributed by atoms with Gasteiger partial charge in [-0.15, -0.1) is 0 Å². The number of nitrogens with one attached hydrogen (secondary N) is 1. The highest BCUT2D eigenvalue weighted by molar-refractivity contribution is 5.93. The molecule has 0 saturated heterocycles. The maximum atomic E-state index is 12.0. The summed E-state index contributed by atoms with van der Waals surface area (Å²) in [6.07, 6.45) is 1.51. The number of hydrogen-bond donors (Lipinski definition) is 2. The van der Waals surface area contributed by atoms with E-state index in [1.54, 1.807) is 6.07 Å². The lowest BCUT2D eigenvalue weighted by atomic mass is 10.1. The molecule has 4 nitrogen and oxygen atoms in total. The molecule has 0 bridgehead atoms. The number of amides is 1. The van der Waals surface area contributed by atoms with Crippen LogP contribution in [0.2, 0.25) is 0 Å². The van der Waals surface area contributed by atoms with Crippen molar-refractivity contribution in [2.45, 2.75) is 19.9 Å². The lowest BCUT2D eigenvalue weighted by Crippen LogP contribution is -2.27. The van der Waals surface area contributed by atoms with Crippen molar-refractivity contribution >= 4 is 11.6 Å². The molecule has 1 amide bonds. The summed E-state index contributed by atoms with van der Waals surface area (Å²) in [5, 5.41) is 2.87. The molecule has 0 saturated carbocycles. The van der Waals surface area contributed by atoms with E-state index in [-0.39, 0.29) is 11.9 Å². The molecule has 0 spiro atoms. The SMILES string of the molecule is Cc1ccoc1C(=O)NC(C)c1ccccc1N. The molecule has 1 aromatic carbocycles. The topological polar surface area (TPSA) is 68.3 Å². The highest BCUT2D eigenvalue weighted by Crippen LogP contribution is 2.20. The van der Waals surface area contributed by atoms with Crippen molar-refractivity contribution in [3.05, 3.63) is 53.5 Å². The molecule has 0 fully saturated rings. The summed E-state index contributed by atoms with van der Waals surface area (Å²) in [6.45, 7) is 3.72. The second-order valence-electron chi connectivity index (χ2n) is 4.26. The fourth-order valence-corrected chi connectivity index (χ4v) is 1.85. The zero-order valence-corrected chi connectivity index (χ0v) is 10.4. The standard InChI is InChI=1S/C14H16N2O2/c1-9-7-8-18-13(9)14(17)16-10(2)11-5-3-4-6-12(11)15/h3-8,10H,15H2,1-2H3,(H,16,17). The molecular weight excluding hydrogens is 228 g/mol. The number of anilines is 1. The van der Waals surface area contributed by atoms with Gasteiger partial charge in [0.25, 0.3) is 5.91 Å². The molecular formula is C14H16N2O2. The first-order valence-electron chi connectivity index (χ1n) is 5.79. The fourth-order valence-electron chi connectivity index (χ4n) is 1.85. The Balaban J connectivity index is 2.13. The van der Waals surface area contributed by atoms with Crippen LogP contribution in [0.15, 0.2) is 41.0 Å². The van der Waals surface area contributed by atoms with Gasteiger partial charge in [-0.2, -0.15) is 0 Å². The number of hydrogen-bond acceptors (Lipinski definition) is 3. The molecule has 1 heterocycles. The van der Waals surface area contributed by atoms with E-state index in [1.165, 1.54) is 6.26 Å². The molecule has 0 radical (unpaired) electrons. The van der Waals surface area contributed by atoms with Gasteiger partial charge in [0.05, 0.1) is 12.3 Å². The smallest absolute Gasteiger partial charge is 0.287 e. The summed E-state index contributed by atoms with van der Waals surface area (Å²) < 4.78 is 5.15. The predicted molar refractivity (Wildman–Crippen MR) is 70.2 cm³/mol. The third kappa shape index (κ3) is 2.37. The van der Waals surface area contributed by atoms with E-state index in [0.717, 1.165) is 11.1 Å². The molecule has 1 atom stereocenters. The van der Waals surface area contributed by atoms with Crippen LogP contribution in [0.4, 0.5) is 5.69 Å². The summed E-state index contributed by atoms with van der Waals surface area (Å²) in [6, 6.07) is 9.07. The largest absolute Gasteiger partial charge is 0.459 e. The fraction of sp³-hybridized carbons (Fsp3) is 0.214. The van der Waals surface area contributed by atoms with E-state index in [4.69, 9.17) is 10.2 Å². The van der Waals surface area contributed by atoms with Gasteiger partial charge in [0.2, 0.25) is 0 Å². The number of benzene rings is 1. The molecule has 1 aromatic heterocycles. The Morgan fingerprint density at radius 2 is 2.06 bits per heavy atom. The van der Waals surface area contributed by atoms with Gasteiger partial charge in [0.1, 0.15) is 0 Å². The van der Waals surface area contributed by atoms with Gasteiger partial charge in [0, 0.05) is 11.3 Å². The van der Waals surface area contributed by atoms with Crippen LogP contribution in [0.5, 0.6) is 0 Å². The van der Waals surface area contributed by atoms with Crippen LogP contribution in [0.25, 0.3) is 0 Å². The molecule has 0 aliphatic heterocycles. The van der Waals surface area contributed by atoms with Crippen molar-refractivity contribution in [3.8, 4) is 0 Å². The third-order valence-electron chi connectivity index (χ3n) is 2.88. The van der Waals surface area contributed by atoms with Crippen molar-refractivity contribution in [1.82, 2.24) is 5.32 Å². The van der Waals surface area contributed by atoms with Gasteiger partial charge >= 0.3 is 0 Å². The Bertz CT molecular complexity index is 560. The van der Waals surface area contributed by atoms with Gasteiger partial charge in [-0.25, -0.2) is 0 Å². The number of carbonyl (C=O) groups excluding carboxylic acids is 1. The number of para-hydroxylation sites is 1. The van der Waals surface area contributed by atoms with Gasteiger partial charge in [-0.3, -0.25) is 4.79 Å². The number of furan rings is 1. The molecule has 0 aliphatic rings. The summed E-state index contributed by atoms with van der Waals surface area (Å²) in [5.41, 5.74) is 8.26. The molecule has 3 N–H and O–H groups in total. The van der Waals surface area contributed by atoms with Crippen LogP contribution in [0.1, 0.15) is 34.6 Å². The number of nitrogens with two attached hydrogens (primary N) is 1. The maximum Gasteiger partial charge on any atom is 0.287 e. The van der Waals surface area contributed by atoms with Crippen LogP contribution in [-0.4, -0.2) is 5.91 Å². The molecule has 94 valence electrons. The van der Waals surface area contributed by atoms with Crippen molar-refractivity contribution < 1.29 is 9.21 Å². The number of nitrogen functional groups attached to an aromatic ring is 1. The third-order valence-corrected chi connectivity index (χ3v) is 2.88. The Labute approximate surface area is 106 Å². The maximum absolute atomic E-state index is 12.0. The second kappa shape index (κ2) is 4.96. The van der Waals surface area contributed by atoms with E-state index >= 15 is 0 Å². The van der Waals surface area contributed by atoms with E-state index in [2.05, 4.69) is 5.32 Å². The normalized spacial score (nSPS) is 12.1. The predicted octanol–water partition coefficient (Wildman–Crippen LogP) is 2.66. The summed E-state index contributed by atoms with van der Waals surface area (Å²) in [4.78, 5) is 12.0. The molecule has 2 aromatic rings. The van der Waals surface area contributed by atoms with Gasteiger partial charge in [-0.05, 0) is 31.5 Å². The number of aryl methyl sites for hydroxylation is 1. The molecule has 0 aliphatic carbocycles. The van der Waals surface area contributed by atoms with Crippen LogP contribution < -0.4 is 11.1 Å². The molecule has 4 heteroatoms. The Morgan fingerprint density at radius 3 is 2.67 bits per heavy atom. The zero-order chi connectivity index (χ0) is 13.1. The van der Waals surface area contributed by atoms with Gasteiger partial charge in [-0.1, -0.05) is 18.2 Å². The molecule has 2 rings (SSSR count). The van der Waals surface area contributed by atoms with E-state index in [9.17, 15) is 4.79 Å². The van der Waals surface area contributed by atoms with Crippen molar-refractivity contribution in [2.75, 3.05) is 5.73 Å². The van der Waals surface area contributed by atoms with Crippen LogP contribution >= 0.6 is 0 Å². The van der Waals surface area contributed by atoms with Crippen LogP contribution in [0, 0.1) is 6.92 Å². The first-order valence-corrected chi connectivity index (χ1v) is 5.79. The Kier molecular flexibility index (Phi) is 3.37. The summed E-state index contributed by atoms with van der Waals surface area (Å²) in [5.74, 6) is 0.115. The van der Waals surface area contributed by atoms with Gasteiger partial charge < -0.3 is 15.5 Å². The summed E-state index contributed by atoms with van der Waals surface area (Å²) in [7, 11) is 0. The van der Waals surface area contributed by atoms with Crippen LogP contribution in [-0.2, 0) is 0 Å². The van der Waals surface area contributed by atoms with Gasteiger partial charge in [0.15, 0.2) is 5.76 Å². The lowest BCUT2D eigenvalue weighted by Gasteiger charge is -2.15. The number of carbonyl (C=O) groups is 1. The minimum absolute atomic E-state index is 0.164. The Hall–Kier alpha value is -2.23. The van der Waals surface area contributed by atoms with E-state index in [0.29, 0.717) is 11.4 Å². The summed E-state index contributed by atoms with van der Waals surface area (Å²) >= 11 is 0. The van der Waals surface area contributed by atoms with E-state index in [1.807, 2.05) is 38.1 Å². The van der Waals surface area contributed by atoms with Crippen molar-refractivity contribution in [1.29, 1.82) is 0 Å². The lowest BCUT2D eigenvalue weighted by molar-refractivity contribution is 0.0911. The Morgan fingerprint density at radius 1 is 1.33 bits per heavy atom. The molecule has 1 unspecified atom stereocenters. The first-order chi connectivity index (χ1) is 8.59.